The van der Waals surface area contributed by atoms with Gasteiger partial charge in [0.1, 0.15) is 5.69 Å². The largest absolute Gasteiger partial charge is 0.338 e. The molecule has 3 heterocycles. The molecule has 2 aliphatic heterocycles. The van der Waals surface area contributed by atoms with Crippen molar-refractivity contribution in [3.63, 3.8) is 0 Å². The van der Waals surface area contributed by atoms with E-state index in [9.17, 15) is 9.59 Å². The summed E-state index contributed by atoms with van der Waals surface area (Å²) in [6.07, 6.45) is 3.81. The molecule has 2 fully saturated rings. The summed E-state index contributed by atoms with van der Waals surface area (Å²) in [4.78, 5) is 27.7. The molecule has 8 heteroatoms. The highest BCUT2D eigenvalue weighted by atomic mass is 35.5. The monoisotopic (exact) mass is 373 g/mol. The predicted molar refractivity (Wildman–Crippen MR) is 95.4 cm³/mol. The minimum absolute atomic E-state index is 0.103. The first-order chi connectivity index (χ1) is 12.6. The van der Waals surface area contributed by atoms with Gasteiger partial charge in [-0.15, -0.1) is 5.10 Å². The van der Waals surface area contributed by atoms with E-state index in [-0.39, 0.29) is 17.9 Å². The van der Waals surface area contributed by atoms with Gasteiger partial charge in [0.2, 0.25) is 11.8 Å². The van der Waals surface area contributed by atoms with E-state index in [4.69, 9.17) is 11.6 Å². The smallest absolute Gasteiger partial charge is 0.227 e. The zero-order valence-electron chi connectivity index (χ0n) is 14.3. The molecular weight excluding hydrogens is 354 g/mol. The molecule has 1 aromatic carbocycles. The van der Waals surface area contributed by atoms with Crippen molar-refractivity contribution in [1.29, 1.82) is 0 Å². The Balaban J connectivity index is 1.28. The lowest BCUT2D eigenvalue weighted by atomic mass is 10.1. The maximum atomic E-state index is 12.3. The second-order valence-corrected chi connectivity index (χ2v) is 7.30. The van der Waals surface area contributed by atoms with E-state index in [0.29, 0.717) is 37.5 Å². The molecule has 0 radical (unpaired) electrons. The highest BCUT2D eigenvalue weighted by Crippen LogP contribution is 2.22. The number of carbonyl (C=O) groups excluding carboxylic acids is 2. The lowest BCUT2D eigenvalue weighted by Crippen LogP contribution is -2.51. The predicted octanol–water partition coefficient (Wildman–Crippen LogP) is 1.68. The molecule has 0 aliphatic carbocycles. The van der Waals surface area contributed by atoms with Gasteiger partial charge >= 0.3 is 0 Å². The number of amides is 2. The Labute approximate surface area is 156 Å². The summed E-state index contributed by atoms with van der Waals surface area (Å²) in [5.74, 6) is 0.286. The van der Waals surface area contributed by atoms with Gasteiger partial charge < -0.3 is 9.80 Å². The lowest BCUT2D eigenvalue weighted by molar-refractivity contribution is -0.136. The number of benzene rings is 1. The van der Waals surface area contributed by atoms with Crippen molar-refractivity contribution >= 4 is 23.4 Å². The minimum atomic E-state index is 0.103. The van der Waals surface area contributed by atoms with Crippen molar-refractivity contribution < 1.29 is 9.59 Å². The summed E-state index contributed by atoms with van der Waals surface area (Å²) in [7, 11) is 0. The van der Waals surface area contributed by atoms with Crippen molar-refractivity contribution in [3.05, 3.63) is 46.7 Å². The first-order valence-corrected chi connectivity index (χ1v) is 9.17. The SMILES string of the molecule is O=C1CCCN1Cc1cn(C2CN(C(=O)Cc3ccc(Cl)cc3)C2)nn1. The van der Waals surface area contributed by atoms with Gasteiger partial charge in [0.25, 0.3) is 0 Å². The van der Waals surface area contributed by atoms with Gasteiger partial charge in [-0.3, -0.25) is 9.59 Å². The molecule has 2 aliphatic rings. The molecular formula is C18H20ClN5O2. The van der Waals surface area contributed by atoms with Gasteiger partial charge in [-0.1, -0.05) is 28.9 Å². The third kappa shape index (κ3) is 3.58. The third-order valence-electron chi connectivity index (χ3n) is 4.94. The van der Waals surface area contributed by atoms with Crippen LogP contribution in [0.3, 0.4) is 0 Å². The molecule has 0 atom stereocenters. The molecule has 136 valence electrons. The molecule has 0 bridgehead atoms. The van der Waals surface area contributed by atoms with Crippen molar-refractivity contribution in [1.82, 2.24) is 24.8 Å². The number of hydrogen-bond acceptors (Lipinski definition) is 4. The molecule has 0 unspecified atom stereocenters. The topological polar surface area (TPSA) is 71.3 Å². The van der Waals surface area contributed by atoms with Crippen LogP contribution >= 0.6 is 11.6 Å². The van der Waals surface area contributed by atoms with Crippen molar-refractivity contribution in [2.45, 2.75) is 31.8 Å². The van der Waals surface area contributed by atoms with Crippen LogP contribution in [0.2, 0.25) is 5.02 Å². The number of likely N-dealkylation sites (tertiary alicyclic amines) is 2. The summed E-state index contributed by atoms with van der Waals surface area (Å²) in [5.41, 5.74) is 1.76. The Morgan fingerprint density at radius 2 is 2.00 bits per heavy atom. The lowest BCUT2D eigenvalue weighted by Gasteiger charge is -2.39. The normalized spacial score (nSPS) is 17.7. The second-order valence-electron chi connectivity index (χ2n) is 6.86. The Hall–Kier alpha value is -2.41. The van der Waals surface area contributed by atoms with Crippen LogP contribution in [0, 0.1) is 0 Å². The molecule has 2 amide bonds. The fraction of sp³-hybridized carbons (Fsp3) is 0.444. The Kier molecular flexibility index (Phi) is 4.63. The average molecular weight is 374 g/mol. The molecule has 4 rings (SSSR count). The van der Waals surface area contributed by atoms with Crippen LogP contribution in [0.1, 0.15) is 30.1 Å². The number of aromatic nitrogens is 3. The number of halogens is 1. The molecule has 0 N–H and O–H groups in total. The number of hydrogen-bond donors (Lipinski definition) is 0. The van der Waals surface area contributed by atoms with Crippen molar-refractivity contribution in [2.75, 3.05) is 19.6 Å². The summed E-state index contributed by atoms with van der Waals surface area (Å²) in [6, 6.07) is 7.50. The first kappa shape index (κ1) is 17.0. The average Bonchev–Trinajstić information content (AvgIpc) is 3.19. The van der Waals surface area contributed by atoms with Crippen LogP contribution in [0.4, 0.5) is 0 Å². The number of rotatable bonds is 5. The van der Waals surface area contributed by atoms with Crippen LogP contribution in [-0.4, -0.2) is 56.2 Å². The Morgan fingerprint density at radius 1 is 1.23 bits per heavy atom. The summed E-state index contributed by atoms with van der Waals surface area (Å²) >= 11 is 5.87. The van der Waals surface area contributed by atoms with Crippen LogP contribution in [0.15, 0.2) is 30.5 Å². The standard InChI is InChI=1S/C18H20ClN5O2/c19-14-5-3-13(4-6-14)8-18(26)23-11-16(12-23)24-10-15(20-21-24)9-22-7-1-2-17(22)25/h3-6,10,16H,1-2,7-9,11-12H2. The van der Waals surface area contributed by atoms with Crippen LogP contribution in [-0.2, 0) is 22.6 Å². The van der Waals surface area contributed by atoms with Crippen molar-refractivity contribution in [2.24, 2.45) is 0 Å². The minimum Gasteiger partial charge on any atom is -0.338 e. The van der Waals surface area contributed by atoms with Gasteiger partial charge in [-0.2, -0.15) is 0 Å². The maximum absolute atomic E-state index is 12.3. The third-order valence-corrected chi connectivity index (χ3v) is 5.19. The summed E-state index contributed by atoms with van der Waals surface area (Å²) < 4.78 is 1.81. The van der Waals surface area contributed by atoms with E-state index in [2.05, 4.69) is 10.3 Å². The highest BCUT2D eigenvalue weighted by Gasteiger charge is 2.32. The molecule has 0 saturated carbocycles. The van der Waals surface area contributed by atoms with Crippen LogP contribution in [0.5, 0.6) is 0 Å². The fourth-order valence-corrected chi connectivity index (χ4v) is 3.47. The maximum Gasteiger partial charge on any atom is 0.227 e. The fourth-order valence-electron chi connectivity index (χ4n) is 3.35. The first-order valence-electron chi connectivity index (χ1n) is 8.79. The van der Waals surface area contributed by atoms with Crippen molar-refractivity contribution in [3.8, 4) is 0 Å². The Bertz CT molecular complexity index is 813. The Morgan fingerprint density at radius 3 is 2.69 bits per heavy atom. The summed E-state index contributed by atoms with van der Waals surface area (Å²) in [5, 5.41) is 9.00. The van der Waals surface area contributed by atoms with E-state index in [1.807, 2.05) is 32.8 Å². The summed E-state index contributed by atoms with van der Waals surface area (Å²) in [6.45, 7) is 2.59. The molecule has 2 aromatic rings. The molecule has 0 spiro atoms. The van der Waals surface area contributed by atoms with Gasteiger partial charge in [0.15, 0.2) is 0 Å². The molecule has 7 nitrogen and oxygen atoms in total. The van der Waals surface area contributed by atoms with Crippen LogP contribution < -0.4 is 0 Å². The van der Waals surface area contributed by atoms with Gasteiger partial charge in [0, 0.05) is 31.1 Å². The molecule has 26 heavy (non-hydrogen) atoms. The van der Waals surface area contributed by atoms with E-state index >= 15 is 0 Å². The van der Waals surface area contributed by atoms with E-state index in [1.54, 1.807) is 12.1 Å². The zero-order valence-corrected chi connectivity index (χ0v) is 15.1. The second kappa shape index (κ2) is 7.07. The van der Waals surface area contributed by atoms with E-state index in [1.165, 1.54) is 0 Å². The zero-order chi connectivity index (χ0) is 18.1. The van der Waals surface area contributed by atoms with E-state index < -0.39 is 0 Å². The molecule has 1 aromatic heterocycles. The number of nitrogens with zero attached hydrogens (tertiary/aromatic N) is 5. The number of carbonyl (C=O) groups is 2. The van der Waals surface area contributed by atoms with E-state index in [0.717, 1.165) is 24.2 Å². The highest BCUT2D eigenvalue weighted by molar-refractivity contribution is 6.30. The van der Waals surface area contributed by atoms with Crippen LogP contribution in [0.25, 0.3) is 0 Å². The van der Waals surface area contributed by atoms with Gasteiger partial charge in [-0.05, 0) is 24.1 Å². The quantitative estimate of drug-likeness (QED) is 0.799. The molecule has 2 saturated heterocycles. The van der Waals surface area contributed by atoms with Gasteiger partial charge in [-0.25, -0.2) is 4.68 Å². The van der Waals surface area contributed by atoms with Gasteiger partial charge in [0.05, 0.1) is 25.2 Å².